The van der Waals surface area contributed by atoms with Crippen molar-refractivity contribution in [3.8, 4) is 0 Å². The molecule has 19 heavy (non-hydrogen) atoms. The number of hydrogen-bond acceptors (Lipinski definition) is 2. The van der Waals surface area contributed by atoms with Gasteiger partial charge in [-0.3, -0.25) is 10.1 Å². The summed E-state index contributed by atoms with van der Waals surface area (Å²) in [6.07, 6.45) is 2.10. The Morgan fingerprint density at radius 2 is 2.05 bits per heavy atom. The van der Waals surface area contributed by atoms with Crippen molar-refractivity contribution in [1.82, 2.24) is 4.68 Å². The van der Waals surface area contributed by atoms with Crippen molar-refractivity contribution in [2.75, 3.05) is 17.2 Å². The van der Waals surface area contributed by atoms with Gasteiger partial charge in [-0.2, -0.15) is 4.68 Å². The van der Waals surface area contributed by atoms with Gasteiger partial charge in [0, 0.05) is 5.33 Å². The van der Waals surface area contributed by atoms with E-state index >= 15 is 0 Å². The number of unbranched alkanes of at least 4 members (excludes halogenated alkanes) is 1. The van der Waals surface area contributed by atoms with E-state index in [2.05, 4.69) is 25.9 Å². The zero-order valence-electron chi connectivity index (χ0n) is 10.7. The van der Waals surface area contributed by atoms with Crippen molar-refractivity contribution in [3.63, 3.8) is 0 Å². The third-order valence-corrected chi connectivity index (χ3v) is 4.13. The number of nitrogens with zero attached hydrogens (tertiary/aromatic N) is 2. The average molecular weight is 323 g/mol. The van der Waals surface area contributed by atoms with Gasteiger partial charge < -0.3 is 0 Å². The van der Waals surface area contributed by atoms with Crippen molar-refractivity contribution in [2.24, 2.45) is 0 Å². The highest BCUT2D eigenvalue weighted by atomic mass is 79.9. The van der Waals surface area contributed by atoms with Gasteiger partial charge in [0.25, 0.3) is 5.56 Å². The third kappa shape index (κ3) is 2.16. The molecule has 2 aromatic rings. The number of aromatic nitrogens is 2. The van der Waals surface area contributed by atoms with E-state index in [9.17, 15) is 4.79 Å². The maximum Gasteiger partial charge on any atom is 0.301 e. The first-order valence-corrected chi connectivity index (χ1v) is 7.80. The number of anilines is 1. The van der Waals surface area contributed by atoms with E-state index in [1.54, 1.807) is 0 Å². The first-order chi connectivity index (χ1) is 9.33. The summed E-state index contributed by atoms with van der Waals surface area (Å²) in [6.45, 7) is 2.54. The average Bonchev–Trinajstić information content (AvgIpc) is 2.92. The molecule has 0 unspecified atom stereocenters. The number of alkyl halides is 1. The topological polar surface area (TPSA) is 37.9 Å². The fourth-order valence-electron chi connectivity index (χ4n) is 2.66. The minimum atomic E-state index is 0.123. The van der Waals surface area contributed by atoms with Crippen LogP contribution in [0.15, 0.2) is 29.1 Å². The molecule has 0 radical (unpaired) electrons. The quantitative estimate of drug-likeness (QED) is 0.530. The Kier molecular flexibility index (Phi) is 3.55. The Balaban J connectivity index is 2.16. The van der Waals surface area contributed by atoms with Crippen LogP contribution in [0.1, 0.15) is 12.8 Å². The van der Waals surface area contributed by atoms with Crippen LogP contribution in [0, 0.1) is 0 Å². The summed E-state index contributed by atoms with van der Waals surface area (Å²) in [5, 5.41) is 6.22. The van der Waals surface area contributed by atoms with Crippen LogP contribution in [0.2, 0.25) is 0 Å². The highest BCUT2D eigenvalue weighted by Gasteiger charge is 2.26. The normalized spacial score (nSPS) is 13.5. The molecule has 0 atom stereocenters. The van der Waals surface area contributed by atoms with Gasteiger partial charge in [-0.05, 0) is 25.0 Å². The number of rotatable bonds is 4. The molecule has 0 amide bonds. The lowest BCUT2D eigenvalue weighted by Gasteiger charge is -2.10. The summed E-state index contributed by atoms with van der Waals surface area (Å²) in [7, 11) is 0. The number of halogens is 1. The maximum atomic E-state index is 12.6. The summed E-state index contributed by atoms with van der Waals surface area (Å²) < 4.78 is 3.99. The van der Waals surface area contributed by atoms with Gasteiger partial charge in [0.2, 0.25) is 0 Å². The first kappa shape index (κ1) is 12.7. The van der Waals surface area contributed by atoms with Crippen molar-refractivity contribution in [3.05, 3.63) is 34.6 Å². The van der Waals surface area contributed by atoms with Crippen LogP contribution in [0.5, 0.6) is 0 Å². The molecule has 2 heterocycles. The third-order valence-electron chi connectivity index (χ3n) is 3.57. The smallest absolute Gasteiger partial charge is 0.268 e. The molecule has 1 aromatic heterocycles. The fraction of sp³-hybridized carbons (Fsp3) is 0.429. The predicted molar refractivity (Wildman–Crippen MR) is 79.9 cm³/mol. The summed E-state index contributed by atoms with van der Waals surface area (Å²) in [6, 6.07) is 7.85. The van der Waals surface area contributed by atoms with Crippen molar-refractivity contribution >= 4 is 32.5 Å². The Hall–Kier alpha value is -1.36. The van der Waals surface area contributed by atoms with Crippen LogP contribution in [-0.2, 0) is 13.1 Å². The second kappa shape index (κ2) is 5.33. The molecule has 0 saturated carbocycles. The molecule has 3 rings (SSSR count). The molecule has 1 aliphatic rings. The number of fused-ring (bicyclic) bond motifs is 3. The number of benzene rings is 1. The lowest BCUT2D eigenvalue weighted by molar-refractivity contribution is -0.756. The van der Waals surface area contributed by atoms with E-state index in [-0.39, 0.29) is 5.56 Å². The van der Waals surface area contributed by atoms with Crippen LogP contribution in [0.4, 0.5) is 5.82 Å². The Labute approximate surface area is 120 Å². The zero-order valence-corrected chi connectivity index (χ0v) is 12.3. The lowest BCUT2D eigenvalue weighted by atomic mass is 10.2. The van der Waals surface area contributed by atoms with Gasteiger partial charge in [-0.1, -0.05) is 28.1 Å². The van der Waals surface area contributed by atoms with Gasteiger partial charge in [-0.25, -0.2) is 0 Å². The second-order valence-corrected chi connectivity index (χ2v) is 5.56. The van der Waals surface area contributed by atoms with E-state index in [1.807, 2.05) is 28.9 Å². The van der Waals surface area contributed by atoms with Gasteiger partial charge >= 0.3 is 5.82 Å². The maximum absolute atomic E-state index is 12.6. The Morgan fingerprint density at radius 3 is 2.84 bits per heavy atom. The van der Waals surface area contributed by atoms with E-state index < -0.39 is 0 Å². The number of hydrogen-bond donors (Lipinski definition) is 1. The summed E-state index contributed by atoms with van der Waals surface area (Å²) in [5.74, 6) is 1.08. The Bertz CT molecular complexity index is 666. The van der Waals surface area contributed by atoms with Gasteiger partial charge in [-0.15, -0.1) is 4.68 Å². The zero-order chi connectivity index (χ0) is 13.2. The molecule has 5 heteroatoms. The van der Waals surface area contributed by atoms with E-state index in [0.29, 0.717) is 0 Å². The Morgan fingerprint density at radius 1 is 1.26 bits per heavy atom. The van der Waals surface area contributed by atoms with Crippen LogP contribution < -0.4 is 15.6 Å². The molecule has 0 bridgehead atoms. The van der Waals surface area contributed by atoms with Gasteiger partial charge in [0.15, 0.2) is 0 Å². The highest BCUT2D eigenvalue weighted by molar-refractivity contribution is 9.09. The highest BCUT2D eigenvalue weighted by Crippen LogP contribution is 2.18. The lowest BCUT2D eigenvalue weighted by Crippen LogP contribution is -2.50. The molecule has 1 aliphatic heterocycles. The van der Waals surface area contributed by atoms with Crippen LogP contribution in [0.3, 0.4) is 0 Å². The largest absolute Gasteiger partial charge is 0.301 e. The van der Waals surface area contributed by atoms with E-state index in [0.717, 1.165) is 54.4 Å². The minimum Gasteiger partial charge on any atom is -0.268 e. The molecule has 4 nitrogen and oxygen atoms in total. The SMILES string of the molecule is O=c1c2ccccc2c2[n+](n1CCCCBr)CCN2. The fourth-order valence-corrected chi connectivity index (χ4v) is 3.06. The molecule has 1 N–H and O–H groups in total. The van der Waals surface area contributed by atoms with Crippen LogP contribution >= 0.6 is 15.9 Å². The van der Waals surface area contributed by atoms with Crippen molar-refractivity contribution in [1.29, 1.82) is 0 Å². The molecule has 0 saturated heterocycles. The summed E-state index contributed by atoms with van der Waals surface area (Å²) >= 11 is 3.44. The molecular formula is C14H17BrN3O+. The second-order valence-electron chi connectivity index (χ2n) is 4.77. The van der Waals surface area contributed by atoms with E-state index in [1.165, 1.54) is 0 Å². The molecule has 0 aliphatic carbocycles. The first-order valence-electron chi connectivity index (χ1n) is 6.68. The summed E-state index contributed by atoms with van der Waals surface area (Å²) in [5.41, 5.74) is 0.123. The standard InChI is InChI=1S/C14H16BrN3O/c15-7-3-4-9-18-14(19)12-6-2-1-5-11(12)13-16-8-10-17(13)18/h1-2,5-6H,3-4,7-10H2/p+1. The molecule has 0 spiro atoms. The molecule has 100 valence electrons. The predicted octanol–water partition coefficient (Wildman–Crippen LogP) is 1.89. The van der Waals surface area contributed by atoms with Gasteiger partial charge in [0.05, 0.1) is 17.3 Å². The monoisotopic (exact) mass is 322 g/mol. The minimum absolute atomic E-state index is 0.123. The molecule has 1 aromatic carbocycles. The molecule has 0 fully saturated rings. The summed E-state index contributed by atoms with van der Waals surface area (Å²) in [4.78, 5) is 12.6. The van der Waals surface area contributed by atoms with Crippen LogP contribution in [0.25, 0.3) is 10.8 Å². The van der Waals surface area contributed by atoms with E-state index in [4.69, 9.17) is 0 Å². The number of nitrogens with one attached hydrogen (secondary N) is 1. The van der Waals surface area contributed by atoms with Gasteiger partial charge in [0.1, 0.15) is 13.1 Å². The van der Waals surface area contributed by atoms with Crippen LogP contribution in [-0.4, -0.2) is 16.6 Å². The van der Waals surface area contributed by atoms with Crippen molar-refractivity contribution in [2.45, 2.75) is 25.9 Å². The van der Waals surface area contributed by atoms with Crippen molar-refractivity contribution < 1.29 is 4.68 Å². The molecular weight excluding hydrogens is 306 g/mol.